The lowest BCUT2D eigenvalue weighted by molar-refractivity contribution is 0.116. The lowest BCUT2D eigenvalue weighted by atomic mass is 9.92. The molecule has 1 heterocycles. The summed E-state index contributed by atoms with van der Waals surface area (Å²) in [5, 5.41) is 11.5. The van der Waals surface area contributed by atoms with Crippen LogP contribution in [0, 0.1) is 0 Å². The van der Waals surface area contributed by atoms with Crippen LogP contribution in [0.2, 0.25) is 0 Å². The third-order valence-corrected chi connectivity index (χ3v) is 5.33. The van der Waals surface area contributed by atoms with Crippen molar-refractivity contribution in [2.24, 2.45) is 10.3 Å². The highest BCUT2D eigenvalue weighted by molar-refractivity contribution is 5.66. The van der Waals surface area contributed by atoms with E-state index in [1.807, 2.05) is 24.3 Å². The molecule has 134 valence electrons. The van der Waals surface area contributed by atoms with Crippen LogP contribution in [0.5, 0.6) is 5.75 Å². The van der Waals surface area contributed by atoms with Crippen molar-refractivity contribution in [1.82, 2.24) is 5.01 Å². The lowest BCUT2D eigenvalue weighted by Crippen LogP contribution is -2.36. The van der Waals surface area contributed by atoms with Crippen molar-refractivity contribution >= 4 is 5.70 Å². The van der Waals surface area contributed by atoms with Gasteiger partial charge in [0.2, 0.25) is 0 Å². The molecular weight excluding hydrogens is 322 g/mol. The molecule has 4 heteroatoms. The first-order valence-electron chi connectivity index (χ1n) is 9.46. The SMILES string of the molecule is COc1ccc(C2=CC(c3ccccc3)N(C3CCCCC3)N=N2)cc1. The molecule has 2 aromatic rings. The Hall–Kier alpha value is -2.62. The smallest absolute Gasteiger partial charge is 0.118 e. The predicted molar refractivity (Wildman–Crippen MR) is 104 cm³/mol. The van der Waals surface area contributed by atoms with Gasteiger partial charge in [-0.15, -0.1) is 5.11 Å². The van der Waals surface area contributed by atoms with E-state index in [0.717, 1.165) is 17.0 Å². The molecule has 0 saturated heterocycles. The maximum Gasteiger partial charge on any atom is 0.118 e. The predicted octanol–water partition coefficient (Wildman–Crippen LogP) is 5.79. The minimum absolute atomic E-state index is 0.133. The van der Waals surface area contributed by atoms with E-state index >= 15 is 0 Å². The maximum absolute atomic E-state index is 5.26. The quantitative estimate of drug-likeness (QED) is 0.701. The molecule has 0 bridgehead atoms. The van der Waals surface area contributed by atoms with E-state index in [0.29, 0.717) is 6.04 Å². The average Bonchev–Trinajstić information content (AvgIpc) is 2.75. The van der Waals surface area contributed by atoms with E-state index in [2.05, 4.69) is 51.8 Å². The summed E-state index contributed by atoms with van der Waals surface area (Å²) in [6.45, 7) is 0. The van der Waals surface area contributed by atoms with Gasteiger partial charge in [0.15, 0.2) is 0 Å². The van der Waals surface area contributed by atoms with Gasteiger partial charge < -0.3 is 4.74 Å². The van der Waals surface area contributed by atoms with E-state index in [-0.39, 0.29) is 6.04 Å². The number of nitrogens with zero attached hydrogens (tertiary/aromatic N) is 3. The standard InChI is InChI=1S/C22H25N3O/c1-26-20-14-12-17(13-15-20)21-16-22(18-8-4-2-5-9-18)25(24-23-21)19-10-6-3-7-11-19/h2,4-5,8-9,12-16,19,22H,3,6-7,10-11H2,1H3. The lowest BCUT2D eigenvalue weighted by Gasteiger charge is -2.37. The Kier molecular flexibility index (Phi) is 5.00. The van der Waals surface area contributed by atoms with Gasteiger partial charge in [-0.3, -0.25) is 5.01 Å². The number of hydrogen-bond donors (Lipinski definition) is 0. The number of methoxy groups -OCH3 is 1. The van der Waals surface area contributed by atoms with Gasteiger partial charge in [0.05, 0.1) is 18.8 Å². The summed E-state index contributed by atoms with van der Waals surface area (Å²) in [5.41, 5.74) is 3.26. The van der Waals surface area contributed by atoms with Gasteiger partial charge in [-0.05, 0) is 48.7 Å². The van der Waals surface area contributed by atoms with Crippen LogP contribution in [0.4, 0.5) is 0 Å². The van der Waals surface area contributed by atoms with Crippen molar-refractivity contribution < 1.29 is 4.74 Å². The second kappa shape index (κ2) is 7.73. The van der Waals surface area contributed by atoms with Crippen molar-refractivity contribution in [1.29, 1.82) is 0 Å². The fourth-order valence-corrected chi connectivity index (χ4v) is 3.88. The third kappa shape index (κ3) is 3.50. The molecule has 2 aromatic carbocycles. The average molecular weight is 347 g/mol. The fourth-order valence-electron chi connectivity index (χ4n) is 3.88. The van der Waals surface area contributed by atoms with Crippen molar-refractivity contribution in [3.05, 3.63) is 71.8 Å². The fraction of sp³-hybridized carbons (Fsp3) is 0.364. The molecule has 2 aliphatic rings. The van der Waals surface area contributed by atoms with Gasteiger partial charge in [0, 0.05) is 11.6 Å². The van der Waals surface area contributed by atoms with E-state index < -0.39 is 0 Å². The molecule has 0 amide bonds. The Bertz CT molecular complexity index is 777. The van der Waals surface area contributed by atoms with Crippen LogP contribution in [-0.4, -0.2) is 18.2 Å². The zero-order valence-corrected chi connectivity index (χ0v) is 15.2. The molecule has 1 unspecified atom stereocenters. The molecule has 1 aliphatic heterocycles. The van der Waals surface area contributed by atoms with E-state index in [4.69, 9.17) is 4.74 Å². The monoisotopic (exact) mass is 347 g/mol. The van der Waals surface area contributed by atoms with Crippen molar-refractivity contribution in [2.45, 2.75) is 44.2 Å². The molecule has 0 spiro atoms. The highest BCUT2D eigenvalue weighted by atomic mass is 16.5. The minimum atomic E-state index is 0.133. The summed E-state index contributed by atoms with van der Waals surface area (Å²) in [4.78, 5) is 0. The van der Waals surface area contributed by atoms with Crippen LogP contribution >= 0.6 is 0 Å². The van der Waals surface area contributed by atoms with Crippen LogP contribution in [0.25, 0.3) is 5.70 Å². The Morgan fingerprint density at radius 3 is 2.35 bits per heavy atom. The normalized spacial score (nSPS) is 20.7. The highest BCUT2D eigenvalue weighted by Gasteiger charge is 2.29. The second-order valence-electron chi connectivity index (χ2n) is 7.00. The Labute approximate surface area is 155 Å². The number of benzene rings is 2. The molecule has 1 saturated carbocycles. The van der Waals surface area contributed by atoms with Crippen molar-refractivity contribution in [3.63, 3.8) is 0 Å². The zero-order chi connectivity index (χ0) is 17.8. The molecule has 1 atom stereocenters. The molecule has 4 rings (SSSR count). The first-order valence-corrected chi connectivity index (χ1v) is 9.46. The Morgan fingerprint density at radius 2 is 1.65 bits per heavy atom. The first kappa shape index (κ1) is 16.8. The summed E-state index contributed by atoms with van der Waals surface area (Å²) >= 11 is 0. The van der Waals surface area contributed by atoms with E-state index in [1.165, 1.54) is 37.7 Å². The molecule has 1 aliphatic carbocycles. The molecule has 0 radical (unpaired) electrons. The largest absolute Gasteiger partial charge is 0.497 e. The van der Waals surface area contributed by atoms with Crippen LogP contribution in [-0.2, 0) is 0 Å². The number of rotatable bonds is 4. The molecule has 0 aromatic heterocycles. The maximum atomic E-state index is 5.26. The topological polar surface area (TPSA) is 37.2 Å². The summed E-state index contributed by atoms with van der Waals surface area (Å²) in [6, 6.07) is 19.3. The highest BCUT2D eigenvalue weighted by Crippen LogP contribution is 2.37. The van der Waals surface area contributed by atoms with Gasteiger partial charge in [0.25, 0.3) is 0 Å². The van der Waals surface area contributed by atoms with Crippen molar-refractivity contribution in [3.8, 4) is 5.75 Å². The summed E-state index contributed by atoms with van der Waals surface area (Å²) in [6.07, 6.45) is 8.56. The number of ether oxygens (including phenoxy) is 1. The molecule has 4 nitrogen and oxygen atoms in total. The molecule has 0 N–H and O–H groups in total. The van der Waals surface area contributed by atoms with E-state index in [9.17, 15) is 0 Å². The summed E-state index contributed by atoms with van der Waals surface area (Å²) in [7, 11) is 1.68. The van der Waals surface area contributed by atoms with Gasteiger partial charge >= 0.3 is 0 Å². The Balaban J connectivity index is 1.66. The zero-order valence-electron chi connectivity index (χ0n) is 15.2. The van der Waals surface area contributed by atoms with Gasteiger partial charge in [-0.25, -0.2) is 0 Å². The van der Waals surface area contributed by atoms with Crippen LogP contribution in [0.3, 0.4) is 0 Å². The summed E-state index contributed by atoms with van der Waals surface area (Å²) < 4.78 is 5.26. The van der Waals surface area contributed by atoms with Gasteiger partial charge in [0.1, 0.15) is 5.75 Å². The number of hydrogen-bond acceptors (Lipinski definition) is 4. The van der Waals surface area contributed by atoms with E-state index in [1.54, 1.807) is 7.11 Å². The minimum Gasteiger partial charge on any atom is -0.497 e. The van der Waals surface area contributed by atoms with Crippen molar-refractivity contribution in [2.75, 3.05) is 7.11 Å². The third-order valence-electron chi connectivity index (χ3n) is 5.33. The van der Waals surface area contributed by atoms with Gasteiger partial charge in [-0.2, -0.15) is 0 Å². The van der Waals surface area contributed by atoms with Gasteiger partial charge in [-0.1, -0.05) is 54.8 Å². The Morgan fingerprint density at radius 1 is 0.923 bits per heavy atom. The second-order valence-corrected chi connectivity index (χ2v) is 7.00. The molecular formula is C22H25N3O. The van der Waals surface area contributed by atoms with Crippen LogP contribution < -0.4 is 4.74 Å². The van der Waals surface area contributed by atoms with Crippen LogP contribution in [0.1, 0.15) is 49.3 Å². The van der Waals surface area contributed by atoms with Crippen LogP contribution in [0.15, 0.2) is 71.0 Å². The molecule has 26 heavy (non-hydrogen) atoms. The first-order chi connectivity index (χ1) is 12.8. The molecule has 1 fully saturated rings. The summed E-state index contributed by atoms with van der Waals surface area (Å²) in [5.74, 6) is 0.852.